The molecule has 0 unspecified atom stereocenters. The molecule has 4 N–H and O–H groups in total. The van der Waals surface area contributed by atoms with Gasteiger partial charge in [0.2, 0.25) is 5.96 Å². The van der Waals surface area contributed by atoms with Gasteiger partial charge in [0, 0.05) is 0 Å². The van der Waals surface area contributed by atoms with Crippen LogP contribution < -0.4 is 16.5 Å². The largest absolute Gasteiger partial charge is 0.368 e. The Kier molecular flexibility index (Phi) is 2.17. The van der Waals surface area contributed by atoms with Crippen LogP contribution in [0.3, 0.4) is 0 Å². The minimum atomic E-state index is -0.602. The smallest absolute Gasteiger partial charge is 0.323 e. The van der Waals surface area contributed by atoms with Crippen molar-refractivity contribution >= 4 is 17.7 Å². The number of carbonyl (C=O) groups is 1. The normalized spacial score (nSPS) is 15.3. The molecule has 6 nitrogen and oxygen atoms in total. The number of para-hydroxylation sites is 1. The third-order valence-corrected chi connectivity index (χ3v) is 2.10. The summed E-state index contributed by atoms with van der Waals surface area (Å²) in [5, 5.41) is 5.63. The van der Waals surface area contributed by atoms with E-state index in [2.05, 4.69) is 5.10 Å². The van der Waals surface area contributed by atoms with Crippen LogP contribution in [0.5, 0.6) is 0 Å². The van der Waals surface area contributed by atoms with Gasteiger partial charge in [0.05, 0.1) is 5.69 Å². The van der Waals surface area contributed by atoms with Crippen molar-refractivity contribution in [1.29, 1.82) is 0 Å². The maximum absolute atomic E-state index is 10.9. The molecule has 2 amide bonds. The quantitative estimate of drug-likeness (QED) is 0.680. The lowest BCUT2D eigenvalue weighted by Gasteiger charge is -2.15. The summed E-state index contributed by atoms with van der Waals surface area (Å²) in [4.78, 5) is 12.2. The van der Waals surface area contributed by atoms with E-state index in [1.807, 2.05) is 30.3 Å². The Labute approximate surface area is 86.7 Å². The van der Waals surface area contributed by atoms with Crippen molar-refractivity contribution < 1.29 is 4.79 Å². The van der Waals surface area contributed by atoms with Gasteiger partial charge in [0.1, 0.15) is 6.67 Å². The molecule has 1 aromatic carbocycles. The Balaban J connectivity index is 2.20. The molecule has 0 aliphatic carbocycles. The van der Waals surface area contributed by atoms with Crippen LogP contribution >= 0.6 is 0 Å². The van der Waals surface area contributed by atoms with Gasteiger partial charge in [0.15, 0.2) is 0 Å². The van der Waals surface area contributed by atoms with E-state index in [1.54, 1.807) is 5.01 Å². The van der Waals surface area contributed by atoms with E-state index in [1.165, 1.54) is 4.90 Å². The lowest BCUT2D eigenvalue weighted by molar-refractivity contribution is 0.232. The number of nitrogens with two attached hydrogens (primary N) is 2. The number of benzene rings is 1. The molecule has 0 bridgehead atoms. The summed E-state index contributed by atoms with van der Waals surface area (Å²) in [5.74, 6) is 0.117. The summed E-state index contributed by atoms with van der Waals surface area (Å²) < 4.78 is 0. The molecular formula is C9H11N5O. The molecule has 0 spiro atoms. The molecule has 2 rings (SSSR count). The second-order valence-corrected chi connectivity index (χ2v) is 3.10. The maximum Gasteiger partial charge on any atom is 0.323 e. The van der Waals surface area contributed by atoms with Crippen LogP contribution in [-0.4, -0.2) is 23.6 Å². The van der Waals surface area contributed by atoms with Crippen molar-refractivity contribution in [3.63, 3.8) is 0 Å². The van der Waals surface area contributed by atoms with E-state index in [4.69, 9.17) is 11.5 Å². The minimum Gasteiger partial charge on any atom is -0.368 e. The number of urea groups is 1. The zero-order valence-corrected chi connectivity index (χ0v) is 8.00. The SMILES string of the molecule is NC(=O)N1CN(c2ccccc2)N=C1N. The Morgan fingerprint density at radius 3 is 2.53 bits per heavy atom. The standard InChI is InChI=1S/C9H11N5O/c10-8-12-14(6-13(8)9(11)15)7-4-2-1-3-5-7/h1-5H,6H2,(H2,10,12)(H2,11,15). The number of hydrazone groups is 1. The molecule has 6 heteroatoms. The lowest BCUT2D eigenvalue weighted by atomic mass is 10.3. The molecule has 1 aromatic rings. The molecule has 15 heavy (non-hydrogen) atoms. The van der Waals surface area contributed by atoms with Gasteiger partial charge in [-0.2, -0.15) is 0 Å². The number of amides is 2. The molecule has 0 fully saturated rings. The number of hydrogen-bond donors (Lipinski definition) is 2. The molecule has 0 aromatic heterocycles. The molecule has 0 atom stereocenters. The summed E-state index contributed by atoms with van der Waals surface area (Å²) in [5.41, 5.74) is 11.5. The van der Waals surface area contributed by atoms with E-state index >= 15 is 0 Å². The van der Waals surface area contributed by atoms with Gasteiger partial charge in [-0.05, 0) is 12.1 Å². The van der Waals surface area contributed by atoms with Gasteiger partial charge in [-0.25, -0.2) is 14.7 Å². The first kappa shape index (κ1) is 9.32. The molecule has 1 aliphatic rings. The Morgan fingerprint density at radius 2 is 2.00 bits per heavy atom. The first-order valence-corrected chi connectivity index (χ1v) is 4.42. The predicted molar refractivity (Wildman–Crippen MR) is 56.8 cm³/mol. The van der Waals surface area contributed by atoms with E-state index in [-0.39, 0.29) is 12.6 Å². The fraction of sp³-hybridized carbons (Fsp3) is 0.111. The van der Waals surface area contributed by atoms with Crippen molar-refractivity contribution in [3.8, 4) is 0 Å². The second-order valence-electron chi connectivity index (χ2n) is 3.10. The first-order chi connectivity index (χ1) is 7.18. The highest BCUT2D eigenvalue weighted by Gasteiger charge is 2.25. The van der Waals surface area contributed by atoms with Gasteiger partial charge in [-0.15, -0.1) is 5.10 Å². The van der Waals surface area contributed by atoms with E-state index in [0.29, 0.717) is 0 Å². The molecular weight excluding hydrogens is 194 g/mol. The maximum atomic E-state index is 10.9. The number of anilines is 1. The van der Waals surface area contributed by atoms with Gasteiger partial charge >= 0.3 is 6.03 Å². The zero-order valence-electron chi connectivity index (χ0n) is 8.00. The Morgan fingerprint density at radius 1 is 1.33 bits per heavy atom. The van der Waals surface area contributed by atoms with E-state index in [0.717, 1.165) is 5.69 Å². The fourth-order valence-electron chi connectivity index (χ4n) is 1.34. The van der Waals surface area contributed by atoms with Crippen LogP contribution in [-0.2, 0) is 0 Å². The third-order valence-electron chi connectivity index (χ3n) is 2.10. The van der Waals surface area contributed by atoms with Crippen molar-refractivity contribution in [2.45, 2.75) is 0 Å². The van der Waals surface area contributed by atoms with Gasteiger partial charge in [0.25, 0.3) is 0 Å². The van der Waals surface area contributed by atoms with Gasteiger partial charge in [-0.1, -0.05) is 18.2 Å². The van der Waals surface area contributed by atoms with Crippen molar-refractivity contribution in [2.75, 3.05) is 11.7 Å². The molecule has 1 aliphatic heterocycles. The van der Waals surface area contributed by atoms with Crippen LogP contribution in [0.2, 0.25) is 0 Å². The summed E-state index contributed by atoms with van der Waals surface area (Å²) in [6, 6.07) is 8.82. The number of rotatable bonds is 1. The van der Waals surface area contributed by atoms with Crippen LogP contribution in [0.15, 0.2) is 35.4 Å². The summed E-state index contributed by atoms with van der Waals surface area (Å²) >= 11 is 0. The first-order valence-electron chi connectivity index (χ1n) is 4.42. The summed E-state index contributed by atoms with van der Waals surface area (Å²) in [7, 11) is 0. The number of primary amides is 1. The number of guanidine groups is 1. The van der Waals surface area contributed by atoms with Crippen LogP contribution in [0.1, 0.15) is 0 Å². The number of nitrogens with zero attached hydrogens (tertiary/aromatic N) is 3. The average Bonchev–Trinajstić information content (AvgIpc) is 2.62. The highest BCUT2D eigenvalue weighted by atomic mass is 16.2. The molecule has 0 saturated carbocycles. The predicted octanol–water partition coefficient (Wildman–Crippen LogP) is 0.0745. The lowest BCUT2D eigenvalue weighted by Crippen LogP contribution is -2.43. The van der Waals surface area contributed by atoms with E-state index < -0.39 is 6.03 Å². The zero-order chi connectivity index (χ0) is 10.8. The van der Waals surface area contributed by atoms with Gasteiger partial charge < -0.3 is 11.5 Å². The van der Waals surface area contributed by atoms with Crippen molar-refractivity contribution in [1.82, 2.24) is 4.90 Å². The van der Waals surface area contributed by atoms with Crippen molar-refractivity contribution in [3.05, 3.63) is 30.3 Å². The second kappa shape index (κ2) is 3.49. The Bertz CT molecular complexity index is 402. The highest BCUT2D eigenvalue weighted by molar-refractivity contribution is 5.96. The number of carbonyl (C=O) groups excluding carboxylic acids is 1. The van der Waals surface area contributed by atoms with Crippen LogP contribution in [0.4, 0.5) is 10.5 Å². The van der Waals surface area contributed by atoms with Crippen LogP contribution in [0.25, 0.3) is 0 Å². The van der Waals surface area contributed by atoms with Crippen molar-refractivity contribution in [2.24, 2.45) is 16.6 Å². The fourth-order valence-corrected chi connectivity index (χ4v) is 1.34. The summed E-state index contributed by atoms with van der Waals surface area (Å²) in [6.07, 6.45) is 0. The van der Waals surface area contributed by atoms with Crippen LogP contribution in [0, 0.1) is 0 Å². The monoisotopic (exact) mass is 205 g/mol. The average molecular weight is 205 g/mol. The third kappa shape index (κ3) is 1.69. The number of hydrogen-bond acceptors (Lipinski definition) is 4. The molecule has 1 heterocycles. The van der Waals surface area contributed by atoms with E-state index in [9.17, 15) is 4.79 Å². The molecule has 0 radical (unpaired) electrons. The Hall–Kier alpha value is -2.24. The highest BCUT2D eigenvalue weighted by Crippen LogP contribution is 2.17. The topological polar surface area (TPSA) is 88.0 Å². The van der Waals surface area contributed by atoms with Gasteiger partial charge in [-0.3, -0.25) is 0 Å². The summed E-state index contributed by atoms with van der Waals surface area (Å²) in [6.45, 7) is 0.255. The molecule has 78 valence electrons. The minimum absolute atomic E-state index is 0.117. The molecule has 0 saturated heterocycles.